The van der Waals surface area contributed by atoms with Crippen molar-refractivity contribution in [3.05, 3.63) is 65.7 Å². The van der Waals surface area contributed by atoms with E-state index in [-0.39, 0.29) is 5.91 Å². The van der Waals surface area contributed by atoms with Gasteiger partial charge in [-0.25, -0.2) is 0 Å². The number of nitrogens with zero attached hydrogens (tertiary/aromatic N) is 1. The van der Waals surface area contributed by atoms with Crippen molar-refractivity contribution in [3.63, 3.8) is 0 Å². The zero-order chi connectivity index (χ0) is 16.5. The lowest BCUT2D eigenvalue weighted by Gasteiger charge is -2.23. The number of benzene rings is 2. The third-order valence-corrected chi connectivity index (χ3v) is 3.67. The molecule has 1 amide bonds. The number of carbonyl (C=O) groups is 1. The summed E-state index contributed by atoms with van der Waals surface area (Å²) in [5, 5.41) is 0. The van der Waals surface area contributed by atoms with Crippen molar-refractivity contribution in [2.24, 2.45) is 0 Å². The van der Waals surface area contributed by atoms with E-state index in [1.807, 2.05) is 59.5 Å². The molecule has 0 atom stereocenters. The first kappa shape index (κ1) is 17.0. The van der Waals surface area contributed by atoms with Gasteiger partial charge in [0.25, 0.3) is 0 Å². The molecule has 0 spiro atoms. The van der Waals surface area contributed by atoms with Gasteiger partial charge in [-0.05, 0) is 11.6 Å². The zero-order valence-corrected chi connectivity index (χ0v) is 13.7. The predicted octanol–water partition coefficient (Wildman–Crippen LogP) is 2.91. The Labute approximate surface area is 137 Å². The molecule has 0 aliphatic heterocycles. The summed E-state index contributed by atoms with van der Waals surface area (Å²) in [5.74, 6) is 0.808. The summed E-state index contributed by atoms with van der Waals surface area (Å²) < 4.78 is 10.5. The van der Waals surface area contributed by atoms with Crippen LogP contribution in [-0.4, -0.2) is 38.2 Å². The van der Waals surface area contributed by atoms with Crippen LogP contribution in [0.25, 0.3) is 0 Å². The van der Waals surface area contributed by atoms with E-state index in [0.29, 0.717) is 26.1 Å². The van der Waals surface area contributed by atoms with E-state index in [0.717, 1.165) is 16.9 Å². The van der Waals surface area contributed by atoms with Gasteiger partial charge in [-0.2, -0.15) is 0 Å². The van der Waals surface area contributed by atoms with Gasteiger partial charge in [0.1, 0.15) is 5.75 Å². The van der Waals surface area contributed by atoms with Gasteiger partial charge in [0.2, 0.25) is 5.91 Å². The average Bonchev–Trinajstić information content (AvgIpc) is 2.60. The Morgan fingerprint density at radius 2 is 1.70 bits per heavy atom. The maximum absolute atomic E-state index is 12.7. The normalized spacial score (nSPS) is 10.3. The number of amides is 1. The first-order valence-corrected chi connectivity index (χ1v) is 7.67. The lowest BCUT2D eigenvalue weighted by Crippen LogP contribution is -2.34. The molecule has 4 heteroatoms. The average molecular weight is 313 g/mol. The molecule has 0 heterocycles. The van der Waals surface area contributed by atoms with E-state index < -0.39 is 0 Å². The van der Waals surface area contributed by atoms with Crippen molar-refractivity contribution in [1.82, 2.24) is 4.90 Å². The van der Waals surface area contributed by atoms with Crippen LogP contribution in [0.3, 0.4) is 0 Å². The molecule has 2 rings (SSSR count). The molecule has 0 aromatic heterocycles. The van der Waals surface area contributed by atoms with Gasteiger partial charge < -0.3 is 14.4 Å². The summed E-state index contributed by atoms with van der Waals surface area (Å²) in [6.45, 7) is 1.67. The Morgan fingerprint density at radius 1 is 1.00 bits per heavy atom. The standard InChI is InChI=1S/C19H23NO3/c1-22-13-12-20(15-16-8-4-3-5-9-16)19(21)14-17-10-6-7-11-18(17)23-2/h3-11H,12-15H2,1-2H3. The largest absolute Gasteiger partial charge is 0.496 e. The number of para-hydroxylation sites is 1. The maximum atomic E-state index is 12.7. The molecule has 4 nitrogen and oxygen atoms in total. The first-order valence-electron chi connectivity index (χ1n) is 7.67. The van der Waals surface area contributed by atoms with Gasteiger partial charge in [-0.1, -0.05) is 48.5 Å². The molecule has 0 saturated heterocycles. The molecule has 0 aliphatic carbocycles. The lowest BCUT2D eigenvalue weighted by molar-refractivity contribution is -0.131. The van der Waals surface area contributed by atoms with E-state index in [1.165, 1.54) is 0 Å². The van der Waals surface area contributed by atoms with Crippen molar-refractivity contribution in [3.8, 4) is 5.75 Å². The van der Waals surface area contributed by atoms with Crippen LogP contribution in [0.15, 0.2) is 54.6 Å². The van der Waals surface area contributed by atoms with Gasteiger partial charge in [0.15, 0.2) is 0 Å². The number of methoxy groups -OCH3 is 2. The van der Waals surface area contributed by atoms with Crippen molar-refractivity contribution < 1.29 is 14.3 Å². The van der Waals surface area contributed by atoms with Crippen molar-refractivity contribution in [2.75, 3.05) is 27.4 Å². The van der Waals surface area contributed by atoms with Crippen molar-refractivity contribution in [1.29, 1.82) is 0 Å². The van der Waals surface area contributed by atoms with Crippen molar-refractivity contribution >= 4 is 5.91 Å². The Hall–Kier alpha value is -2.33. The van der Waals surface area contributed by atoms with Crippen LogP contribution < -0.4 is 4.74 Å². The number of hydrogen-bond acceptors (Lipinski definition) is 3. The van der Waals surface area contributed by atoms with E-state index in [9.17, 15) is 4.79 Å². The summed E-state index contributed by atoms with van der Waals surface area (Å²) in [6, 6.07) is 17.6. The molecule has 2 aromatic carbocycles. The fraction of sp³-hybridized carbons (Fsp3) is 0.316. The van der Waals surface area contributed by atoms with E-state index in [4.69, 9.17) is 9.47 Å². The quantitative estimate of drug-likeness (QED) is 0.752. The molecule has 122 valence electrons. The second-order valence-electron chi connectivity index (χ2n) is 5.28. The molecule has 0 radical (unpaired) electrons. The van der Waals surface area contributed by atoms with Gasteiger partial charge in [0.05, 0.1) is 20.1 Å². The predicted molar refractivity (Wildman–Crippen MR) is 90.4 cm³/mol. The van der Waals surface area contributed by atoms with Crippen LogP contribution in [0.2, 0.25) is 0 Å². The molecule has 23 heavy (non-hydrogen) atoms. The minimum atomic E-state index is 0.0652. The Balaban J connectivity index is 2.09. The van der Waals surface area contributed by atoms with E-state index >= 15 is 0 Å². The molecule has 0 saturated carbocycles. The highest BCUT2D eigenvalue weighted by Crippen LogP contribution is 2.19. The summed E-state index contributed by atoms with van der Waals surface area (Å²) in [5.41, 5.74) is 2.01. The molecule has 0 unspecified atom stereocenters. The van der Waals surface area contributed by atoms with Crippen LogP contribution in [-0.2, 0) is 22.5 Å². The molecule has 0 bridgehead atoms. The minimum absolute atomic E-state index is 0.0652. The summed E-state index contributed by atoms with van der Waals surface area (Å²) in [4.78, 5) is 14.5. The van der Waals surface area contributed by atoms with Crippen LogP contribution in [0, 0.1) is 0 Å². The van der Waals surface area contributed by atoms with Gasteiger partial charge >= 0.3 is 0 Å². The number of rotatable bonds is 8. The second-order valence-corrected chi connectivity index (χ2v) is 5.28. The van der Waals surface area contributed by atoms with E-state index in [1.54, 1.807) is 14.2 Å². The second kappa shape index (κ2) is 8.96. The van der Waals surface area contributed by atoms with Crippen molar-refractivity contribution in [2.45, 2.75) is 13.0 Å². The summed E-state index contributed by atoms with van der Waals surface area (Å²) in [7, 11) is 3.27. The van der Waals surface area contributed by atoms with E-state index in [2.05, 4.69) is 0 Å². The molecule has 2 aromatic rings. The van der Waals surface area contributed by atoms with Gasteiger partial charge in [0, 0.05) is 25.8 Å². The fourth-order valence-corrected chi connectivity index (χ4v) is 2.42. The lowest BCUT2D eigenvalue weighted by atomic mass is 10.1. The minimum Gasteiger partial charge on any atom is -0.496 e. The van der Waals surface area contributed by atoms with Gasteiger partial charge in [-0.15, -0.1) is 0 Å². The SMILES string of the molecule is COCCN(Cc1ccccc1)C(=O)Cc1ccccc1OC. The summed E-state index contributed by atoms with van der Waals surface area (Å²) in [6.07, 6.45) is 0.320. The zero-order valence-electron chi connectivity index (χ0n) is 13.7. The smallest absolute Gasteiger partial charge is 0.227 e. The molecule has 0 aliphatic rings. The third-order valence-electron chi connectivity index (χ3n) is 3.67. The topological polar surface area (TPSA) is 38.8 Å². The Morgan fingerprint density at radius 3 is 2.39 bits per heavy atom. The van der Waals surface area contributed by atoms with Crippen LogP contribution in [0.4, 0.5) is 0 Å². The monoisotopic (exact) mass is 313 g/mol. The van der Waals surface area contributed by atoms with Crippen LogP contribution >= 0.6 is 0 Å². The molecule has 0 fully saturated rings. The fourth-order valence-electron chi connectivity index (χ4n) is 2.42. The summed E-state index contributed by atoms with van der Waals surface area (Å²) >= 11 is 0. The Bertz CT molecular complexity index is 613. The molecule has 0 N–H and O–H groups in total. The van der Waals surface area contributed by atoms with Gasteiger partial charge in [-0.3, -0.25) is 4.79 Å². The highest BCUT2D eigenvalue weighted by molar-refractivity contribution is 5.79. The first-order chi connectivity index (χ1) is 11.2. The maximum Gasteiger partial charge on any atom is 0.227 e. The highest BCUT2D eigenvalue weighted by atomic mass is 16.5. The highest BCUT2D eigenvalue weighted by Gasteiger charge is 2.16. The van der Waals surface area contributed by atoms with Crippen LogP contribution in [0.5, 0.6) is 5.75 Å². The van der Waals surface area contributed by atoms with Crippen LogP contribution in [0.1, 0.15) is 11.1 Å². The number of hydrogen-bond donors (Lipinski definition) is 0. The number of ether oxygens (including phenoxy) is 2. The molecular formula is C19H23NO3. The third kappa shape index (κ3) is 5.11. The Kier molecular flexibility index (Phi) is 6.63. The number of carbonyl (C=O) groups excluding carboxylic acids is 1. The molecular weight excluding hydrogens is 290 g/mol.